The van der Waals surface area contributed by atoms with E-state index in [0.717, 1.165) is 6.26 Å². The molecule has 1 amide bonds. The van der Waals surface area contributed by atoms with Crippen LogP contribution in [0, 0.1) is 0 Å². The van der Waals surface area contributed by atoms with Crippen LogP contribution in [0.2, 0.25) is 0 Å². The maximum atomic E-state index is 12.6. The van der Waals surface area contributed by atoms with Crippen LogP contribution in [-0.4, -0.2) is 40.5 Å². The summed E-state index contributed by atoms with van der Waals surface area (Å²) in [5, 5.41) is 3.31. The molecule has 0 saturated carbocycles. The number of para-hydroxylation sites is 1. The van der Waals surface area contributed by atoms with E-state index in [0.29, 0.717) is 33.8 Å². The maximum absolute atomic E-state index is 12.6. The van der Waals surface area contributed by atoms with Gasteiger partial charge in [0.1, 0.15) is 17.9 Å². The lowest BCUT2D eigenvalue weighted by Gasteiger charge is -2.08. The van der Waals surface area contributed by atoms with Gasteiger partial charge in [-0.1, -0.05) is 18.2 Å². The average Bonchev–Trinajstić information content (AvgIpc) is 3.28. The van der Waals surface area contributed by atoms with E-state index in [2.05, 4.69) is 5.32 Å². The van der Waals surface area contributed by atoms with Crippen LogP contribution in [0.4, 0.5) is 0 Å². The fraction of sp³-hybridized carbons (Fsp3) is 0.250. The number of amides is 1. The molecule has 9 heteroatoms. The molecule has 0 spiro atoms. The molecule has 0 fully saturated rings. The fourth-order valence-electron chi connectivity index (χ4n) is 3.07. The summed E-state index contributed by atoms with van der Waals surface area (Å²) in [7, 11) is -3.35. The van der Waals surface area contributed by atoms with Gasteiger partial charge in [-0.05, 0) is 18.2 Å². The lowest BCUT2D eigenvalue weighted by Crippen LogP contribution is -2.28. The first kappa shape index (κ1) is 19.1. The minimum absolute atomic E-state index is 0.000274. The summed E-state index contributed by atoms with van der Waals surface area (Å²) in [5.41, 5.74) is 0.824. The largest absolute Gasteiger partial charge is 0.492 e. The number of hydrogen-bond acceptors (Lipinski definition) is 7. The number of carbonyl (C=O) groups is 1. The summed E-state index contributed by atoms with van der Waals surface area (Å²) in [6.45, 7) is 0.609. The number of rotatable bonds is 7. The fourth-order valence-corrected chi connectivity index (χ4v) is 3.88. The van der Waals surface area contributed by atoms with Crippen LogP contribution >= 0.6 is 0 Å². The van der Waals surface area contributed by atoms with Crippen LogP contribution in [0.25, 0.3) is 11.0 Å². The van der Waals surface area contributed by atoms with Gasteiger partial charge in [0.2, 0.25) is 6.79 Å². The zero-order chi connectivity index (χ0) is 20.4. The molecule has 3 aromatic rings. The number of sulfone groups is 1. The Morgan fingerprint density at radius 2 is 1.93 bits per heavy atom. The van der Waals surface area contributed by atoms with Crippen molar-refractivity contribution in [3.05, 3.63) is 53.8 Å². The number of nitrogens with one attached hydrogen (secondary N) is 1. The minimum Gasteiger partial charge on any atom is -0.492 e. The number of ether oxygens (including phenoxy) is 3. The first-order valence-electron chi connectivity index (χ1n) is 8.89. The Morgan fingerprint density at radius 1 is 1.14 bits per heavy atom. The van der Waals surface area contributed by atoms with Crippen LogP contribution in [0.1, 0.15) is 16.1 Å². The van der Waals surface area contributed by atoms with Gasteiger partial charge in [-0.25, -0.2) is 8.42 Å². The van der Waals surface area contributed by atoms with E-state index in [1.807, 2.05) is 0 Å². The van der Waals surface area contributed by atoms with Crippen molar-refractivity contribution in [2.45, 2.75) is 5.75 Å². The van der Waals surface area contributed by atoms with Gasteiger partial charge in [-0.3, -0.25) is 4.79 Å². The Morgan fingerprint density at radius 3 is 2.76 bits per heavy atom. The second-order valence-electron chi connectivity index (χ2n) is 6.60. The maximum Gasteiger partial charge on any atom is 0.287 e. The van der Waals surface area contributed by atoms with Crippen LogP contribution in [0.3, 0.4) is 0 Å². The third-order valence-corrected chi connectivity index (χ3v) is 5.12. The summed E-state index contributed by atoms with van der Waals surface area (Å²) in [6.07, 6.45) is 1.12. The van der Waals surface area contributed by atoms with Gasteiger partial charge in [0.05, 0.1) is 12.3 Å². The molecule has 0 bridgehead atoms. The minimum atomic E-state index is -3.35. The Bertz CT molecular complexity index is 1170. The van der Waals surface area contributed by atoms with Gasteiger partial charge in [0.25, 0.3) is 5.91 Å². The van der Waals surface area contributed by atoms with E-state index in [1.165, 1.54) is 0 Å². The van der Waals surface area contributed by atoms with Gasteiger partial charge in [-0.15, -0.1) is 0 Å². The zero-order valence-electron chi connectivity index (χ0n) is 15.6. The van der Waals surface area contributed by atoms with E-state index in [1.54, 1.807) is 42.5 Å². The molecule has 29 heavy (non-hydrogen) atoms. The number of benzene rings is 2. The number of furan rings is 1. The quantitative estimate of drug-likeness (QED) is 0.589. The van der Waals surface area contributed by atoms with Crippen LogP contribution in [-0.2, 0) is 15.6 Å². The predicted molar refractivity (Wildman–Crippen MR) is 105 cm³/mol. The molecule has 1 aromatic heterocycles. The van der Waals surface area contributed by atoms with Crippen LogP contribution in [0.5, 0.6) is 17.2 Å². The molecule has 2 aromatic carbocycles. The molecule has 4 rings (SSSR count). The number of carbonyl (C=O) groups excluding carboxylic acids is 1. The number of fused-ring (bicyclic) bond motifs is 2. The molecule has 0 unspecified atom stereocenters. The lowest BCUT2D eigenvalue weighted by molar-refractivity contribution is 0.0920. The SMILES string of the molecule is CS(=O)(=O)Cc1c(C(=O)NCCOc2ccc3c(c2)OCO3)oc2ccccc12. The van der Waals surface area contributed by atoms with Gasteiger partial charge in [0.15, 0.2) is 27.1 Å². The van der Waals surface area contributed by atoms with Crippen molar-refractivity contribution in [2.75, 3.05) is 26.2 Å². The third kappa shape index (κ3) is 4.29. The highest BCUT2D eigenvalue weighted by atomic mass is 32.2. The van der Waals surface area contributed by atoms with E-state index < -0.39 is 15.7 Å². The molecule has 0 aliphatic carbocycles. The van der Waals surface area contributed by atoms with Crippen LogP contribution < -0.4 is 19.5 Å². The Kier molecular flexibility index (Phi) is 5.06. The highest BCUT2D eigenvalue weighted by Crippen LogP contribution is 2.35. The molecule has 1 aliphatic rings. The third-order valence-electron chi connectivity index (χ3n) is 4.31. The smallest absolute Gasteiger partial charge is 0.287 e. The molecule has 2 heterocycles. The molecular weight excluding hydrogens is 398 g/mol. The lowest BCUT2D eigenvalue weighted by atomic mass is 10.1. The van der Waals surface area contributed by atoms with Crippen molar-refractivity contribution in [3.63, 3.8) is 0 Å². The van der Waals surface area contributed by atoms with E-state index in [9.17, 15) is 13.2 Å². The molecule has 152 valence electrons. The molecule has 8 nitrogen and oxygen atoms in total. The van der Waals surface area contributed by atoms with Crippen molar-refractivity contribution < 1.29 is 31.8 Å². The molecular formula is C20H19NO7S. The van der Waals surface area contributed by atoms with Gasteiger partial charge < -0.3 is 23.9 Å². The summed E-state index contributed by atoms with van der Waals surface area (Å²) in [6, 6.07) is 12.2. The second kappa shape index (κ2) is 7.67. The van der Waals surface area contributed by atoms with Gasteiger partial charge in [0, 0.05) is 23.3 Å². The summed E-state index contributed by atoms with van der Waals surface area (Å²) >= 11 is 0. The number of hydrogen-bond donors (Lipinski definition) is 1. The van der Waals surface area contributed by atoms with Gasteiger partial charge in [-0.2, -0.15) is 0 Å². The highest BCUT2D eigenvalue weighted by molar-refractivity contribution is 7.89. The molecule has 1 aliphatic heterocycles. The van der Waals surface area contributed by atoms with Gasteiger partial charge >= 0.3 is 0 Å². The highest BCUT2D eigenvalue weighted by Gasteiger charge is 2.23. The van der Waals surface area contributed by atoms with Crippen molar-refractivity contribution in [3.8, 4) is 17.2 Å². The molecule has 0 radical (unpaired) electrons. The molecule has 0 saturated heterocycles. The van der Waals surface area contributed by atoms with Crippen LogP contribution in [0.15, 0.2) is 46.9 Å². The van der Waals surface area contributed by atoms with Crippen molar-refractivity contribution in [1.82, 2.24) is 5.32 Å². The summed E-state index contributed by atoms with van der Waals surface area (Å²) < 4.78 is 45.4. The Balaban J connectivity index is 1.42. The van der Waals surface area contributed by atoms with Crippen molar-refractivity contribution >= 4 is 26.7 Å². The van der Waals surface area contributed by atoms with E-state index in [4.69, 9.17) is 18.6 Å². The van der Waals surface area contributed by atoms with Crippen molar-refractivity contribution in [2.24, 2.45) is 0 Å². The van der Waals surface area contributed by atoms with E-state index >= 15 is 0 Å². The molecule has 1 N–H and O–H groups in total. The topological polar surface area (TPSA) is 104 Å². The first-order chi connectivity index (χ1) is 13.9. The predicted octanol–water partition coefficient (Wildman–Crippen LogP) is 2.51. The van der Waals surface area contributed by atoms with E-state index in [-0.39, 0.29) is 31.5 Å². The Hall–Kier alpha value is -3.20. The summed E-state index contributed by atoms with van der Waals surface area (Å²) in [4.78, 5) is 12.6. The average molecular weight is 417 g/mol. The monoisotopic (exact) mass is 417 g/mol. The normalized spacial score (nSPS) is 12.9. The zero-order valence-corrected chi connectivity index (χ0v) is 16.5. The summed E-state index contributed by atoms with van der Waals surface area (Å²) in [5.74, 6) is 1.09. The van der Waals surface area contributed by atoms with Crippen molar-refractivity contribution in [1.29, 1.82) is 0 Å². The Labute approximate surface area is 167 Å². The standard InChI is InChI=1S/C20H19NO7S/c1-29(23,24)11-15-14-4-2-3-5-16(14)28-19(15)20(22)21-8-9-25-13-6-7-17-18(10-13)27-12-26-17/h2-7,10H,8-9,11-12H2,1H3,(H,21,22). The second-order valence-corrected chi connectivity index (χ2v) is 8.74. The molecule has 0 atom stereocenters. The first-order valence-corrected chi connectivity index (χ1v) is 11.0.